The topological polar surface area (TPSA) is 97.0 Å². The molecule has 1 aromatic carbocycles. The normalized spacial score (nSPS) is 11.7. The summed E-state index contributed by atoms with van der Waals surface area (Å²) in [5.41, 5.74) is 1.59. The molecule has 1 amide bonds. The Labute approximate surface area is 168 Å². The van der Waals surface area contributed by atoms with E-state index in [4.69, 9.17) is 16.3 Å². The lowest BCUT2D eigenvalue weighted by atomic mass is 10.1. The fourth-order valence-electron chi connectivity index (χ4n) is 2.15. The van der Waals surface area contributed by atoms with E-state index in [1.165, 1.54) is 13.1 Å². The first-order valence-corrected chi connectivity index (χ1v) is 9.04. The number of pyridine rings is 1. The molecule has 0 saturated heterocycles. The van der Waals surface area contributed by atoms with Gasteiger partial charge in [0.2, 0.25) is 0 Å². The predicted octanol–water partition coefficient (Wildman–Crippen LogP) is 4.07. The zero-order valence-electron chi connectivity index (χ0n) is 14.1. The number of carbonyl (C=O) groups is 2. The molecule has 27 heavy (non-hydrogen) atoms. The van der Waals surface area contributed by atoms with Crippen LogP contribution in [0.4, 0.5) is 5.82 Å². The summed E-state index contributed by atoms with van der Waals surface area (Å²) >= 11 is 9.11. The third-order valence-electron chi connectivity index (χ3n) is 3.57. The Bertz CT molecular complexity index is 957. The Morgan fingerprint density at radius 2 is 1.96 bits per heavy atom. The van der Waals surface area contributed by atoms with E-state index in [9.17, 15) is 9.59 Å². The first-order valence-electron chi connectivity index (χ1n) is 7.87. The Balaban J connectivity index is 1.61. The van der Waals surface area contributed by atoms with Crippen molar-refractivity contribution in [3.8, 4) is 11.3 Å². The molecule has 9 heteroatoms. The summed E-state index contributed by atoms with van der Waals surface area (Å²) in [5, 5.41) is 9.72. The number of anilines is 1. The number of aromatic nitrogens is 3. The van der Waals surface area contributed by atoms with Crippen molar-refractivity contribution in [2.45, 2.75) is 13.0 Å². The number of hydrogen-bond donors (Lipinski definition) is 2. The van der Waals surface area contributed by atoms with Gasteiger partial charge in [0.1, 0.15) is 11.5 Å². The Hall–Kier alpha value is -2.71. The van der Waals surface area contributed by atoms with Crippen LogP contribution in [0.3, 0.4) is 0 Å². The molecular weight excluding hydrogens is 436 g/mol. The van der Waals surface area contributed by atoms with Crippen LogP contribution >= 0.6 is 27.5 Å². The number of H-pyrrole nitrogens is 1. The van der Waals surface area contributed by atoms with Crippen molar-refractivity contribution >= 4 is 45.2 Å². The minimum Gasteiger partial charge on any atom is -0.448 e. The molecule has 3 aromatic rings. The van der Waals surface area contributed by atoms with Crippen molar-refractivity contribution in [2.75, 3.05) is 5.32 Å². The number of aromatic amines is 1. The molecule has 2 heterocycles. The Morgan fingerprint density at radius 3 is 2.63 bits per heavy atom. The molecule has 1 unspecified atom stereocenters. The fourth-order valence-corrected chi connectivity index (χ4v) is 2.53. The maximum absolute atomic E-state index is 12.2. The van der Waals surface area contributed by atoms with E-state index < -0.39 is 18.0 Å². The molecule has 0 aliphatic heterocycles. The molecule has 1 atom stereocenters. The second-order valence-corrected chi connectivity index (χ2v) is 6.92. The molecule has 0 radical (unpaired) electrons. The number of benzene rings is 1. The summed E-state index contributed by atoms with van der Waals surface area (Å²) in [5.74, 6) is -0.880. The molecule has 7 nitrogen and oxygen atoms in total. The van der Waals surface area contributed by atoms with Gasteiger partial charge in [-0.05, 0) is 37.3 Å². The summed E-state index contributed by atoms with van der Waals surface area (Å²) in [6.45, 7) is 1.47. The lowest BCUT2D eigenvalue weighted by molar-refractivity contribution is -0.123. The zero-order valence-corrected chi connectivity index (χ0v) is 16.4. The maximum atomic E-state index is 12.2. The molecule has 3 rings (SSSR count). The van der Waals surface area contributed by atoms with Gasteiger partial charge in [0, 0.05) is 16.2 Å². The first-order chi connectivity index (χ1) is 12.9. The van der Waals surface area contributed by atoms with Gasteiger partial charge in [0.15, 0.2) is 6.10 Å². The lowest BCUT2D eigenvalue weighted by Crippen LogP contribution is -2.30. The second kappa shape index (κ2) is 8.32. The number of nitrogens with one attached hydrogen (secondary N) is 2. The largest absolute Gasteiger partial charge is 0.448 e. The zero-order chi connectivity index (χ0) is 19.4. The van der Waals surface area contributed by atoms with Crippen molar-refractivity contribution in [3.63, 3.8) is 0 Å². The summed E-state index contributed by atoms with van der Waals surface area (Å²) in [6, 6.07) is 12.2. The Kier molecular flexibility index (Phi) is 5.88. The van der Waals surface area contributed by atoms with Gasteiger partial charge in [-0.3, -0.25) is 9.89 Å². The second-order valence-electron chi connectivity index (χ2n) is 5.57. The maximum Gasteiger partial charge on any atom is 0.357 e. The van der Waals surface area contributed by atoms with E-state index in [-0.39, 0.29) is 5.69 Å². The van der Waals surface area contributed by atoms with Gasteiger partial charge in [0.25, 0.3) is 5.91 Å². The third kappa shape index (κ3) is 4.93. The molecule has 2 N–H and O–H groups in total. The molecule has 138 valence electrons. The van der Waals surface area contributed by atoms with Crippen molar-refractivity contribution in [3.05, 3.63) is 63.9 Å². The molecule has 0 aliphatic rings. The van der Waals surface area contributed by atoms with Gasteiger partial charge in [-0.25, -0.2) is 9.78 Å². The summed E-state index contributed by atoms with van der Waals surface area (Å²) in [7, 11) is 0. The van der Waals surface area contributed by atoms with Crippen LogP contribution in [0.1, 0.15) is 17.4 Å². The van der Waals surface area contributed by atoms with Gasteiger partial charge in [0.05, 0.1) is 10.7 Å². The first kappa shape index (κ1) is 19.1. The van der Waals surface area contributed by atoms with E-state index in [2.05, 4.69) is 36.4 Å². The van der Waals surface area contributed by atoms with Crippen molar-refractivity contribution in [1.29, 1.82) is 0 Å². The van der Waals surface area contributed by atoms with E-state index in [1.54, 1.807) is 18.2 Å². The van der Waals surface area contributed by atoms with Gasteiger partial charge in [-0.1, -0.05) is 39.7 Å². The smallest absolute Gasteiger partial charge is 0.357 e. The van der Waals surface area contributed by atoms with Crippen LogP contribution in [-0.2, 0) is 9.53 Å². The van der Waals surface area contributed by atoms with E-state index in [0.717, 1.165) is 10.0 Å². The summed E-state index contributed by atoms with van der Waals surface area (Å²) < 4.78 is 6.12. The van der Waals surface area contributed by atoms with Crippen LogP contribution in [0.5, 0.6) is 0 Å². The number of carbonyl (C=O) groups excluding carboxylic acids is 2. The minimum atomic E-state index is -1.02. The van der Waals surface area contributed by atoms with Crippen LogP contribution in [0.2, 0.25) is 5.02 Å². The van der Waals surface area contributed by atoms with Crippen molar-refractivity contribution in [2.24, 2.45) is 0 Å². The SMILES string of the molecule is CC(OC(=O)c1cc(-c2ccc(Br)cc2)n[nH]1)C(=O)Nc1ccc(Cl)cn1. The average Bonchev–Trinajstić information content (AvgIpc) is 3.14. The van der Waals surface area contributed by atoms with Crippen LogP contribution in [-0.4, -0.2) is 33.2 Å². The lowest BCUT2D eigenvalue weighted by Gasteiger charge is -2.12. The highest BCUT2D eigenvalue weighted by Crippen LogP contribution is 2.21. The van der Waals surface area contributed by atoms with Crippen LogP contribution < -0.4 is 5.32 Å². The molecule has 0 saturated carbocycles. The number of nitrogens with zero attached hydrogens (tertiary/aromatic N) is 2. The number of halogens is 2. The number of hydrogen-bond acceptors (Lipinski definition) is 5. The molecule has 0 spiro atoms. The van der Waals surface area contributed by atoms with Crippen LogP contribution in [0, 0.1) is 0 Å². The van der Waals surface area contributed by atoms with Crippen molar-refractivity contribution in [1.82, 2.24) is 15.2 Å². The number of amides is 1. The highest BCUT2D eigenvalue weighted by Gasteiger charge is 2.21. The van der Waals surface area contributed by atoms with Crippen LogP contribution in [0.25, 0.3) is 11.3 Å². The third-order valence-corrected chi connectivity index (χ3v) is 4.32. The monoisotopic (exact) mass is 448 g/mol. The molecule has 2 aromatic heterocycles. The summed E-state index contributed by atoms with van der Waals surface area (Å²) in [4.78, 5) is 28.3. The summed E-state index contributed by atoms with van der Waals surface area (Å²) in [6.07, 6.45) is 0.386. The van der Waals surface area contributed by atoms with Gasteiger partial charge in [-0.15, -0.1) is 0 Å². The van der Waals surface area contributed by atoms with Gasteiger partial charge < -0.3 is 10.1 Å². The highest BCUT2D eigenvalue weighted by atomic mass is 79.9. The predicted molar refractivity (Wildman–Crippen MR) is 104 cm³/mol. The fraction of sp³-hybridized carbons (Fsp3) is 0.111. The molecule has 0 fully saturated rings. The molecule has 0 bridgehead atoms. The average molecular weight is 450 g/mol. The van der Waals surface area contributed by atoms with Gasteiger partial charge in [-0.2, -0.15) is 5.10 Å². The van der Waals surface area contributed by atoms with Crippen molar-refractivity contribution < 1.29 is 14.3 Å². The van der Waals surface area contributed by atoms with Gasteiger partial charge >= 0.3 is 5.97 Å². The van der Waals surface area contributed by atoms with E-state index in [0.29, 0.717) is 16.5 Å². The minimum absolute atomic E-state index is 0.150. The molecular formula is C18H14BrClN4O3. The van der Waals surface area contributed by atoms with E-state index >= 15 is 0 Å². The van der Waals surface area contributed by atoms with E-state index in [1.807, 2.05) is 24.3 Å². The standard InChI is InChI=1S/C18H14BrClN4O3/c1-10(17(25)22-16-7-6-13(20)9-21-16)27-18(26)15-8-14(23-24-15)11-2-4-12(19)5-3-11/h2-10H,1H3,(H,23,24)(H,21,22,25). The number of esters is 1. The highest BCUT2D eigenvalue weighted by molar-refractivity contribution is 9.10. The molecule has 0 aliphatic carbocycles. The van der Waals surface area contributed by atoms with Crippen LogP contribution in [0.15, 0.2) is 53.1 Å². The Morgan fingerprint density at radius 1 is 1.22 bits per heavy atom. The quantitative estimate of drug-likeness (QED) is 0.572. The number of rotatable bonds is 5. The number of ether oxygens (including phenoxy) is 1.